The van der Waals surface area contributed by atoms with Gasteiger partial charge in [0.15, 0.2) is 24.9 Å². The standard InChI is InChI=1S/C42H48FN3O13S3/c1-24-10-16-29(17-11-24)60(49,50)44-32-22-33(45-61(51,52)30-18-12-25(2)13-19-30)38(35(43)37(32)48)58-42-40(56-27(4)47)36(46-62(53,54)31-20-14-26(3)15-21-31)39-34(57-42)23-55-41(59-39)28-8-6-5-7-9-28/h5-21,32-42,44-46,48H,22-23H2,1-4H3/t32-,33+,34+,35+,36-,37+,38-,39+,40+,41?,42+/m0/s1. The third kappa shape index (κ3) is 10.3. The number of carbonyl (C=O) groups excluding carboxylic acids is 1. The van der Waals surface area contributed by atoms with Crippen molar-refractivity contribution >= 4 is 36.0 Å². The van der Waals surface area contributed by atoms with Crippen LogP contribution in [0.2, 0.25) is 0 Å². The van der Waals surface area contributed by atoms with E-state index in [-0.39, 0.29) is 21.3 Å². The fourth-order valence-electron chi connectivity index (χ4n) is 7.61. The molecular weight excluding hydrogens is 870 g/mol. The van der Waals surface area contributed by atoms with E-state index in [2.05, 4.69) is 14.2 Å². The van der Waals surface area contributed by atoms with E-state index in [1.54, 1.807) is 87.5 Å². The largest absolute Gasteiger partial charge is 0.455 e. The number of benzene rings is 4. The molecule has 1 aliphatic carbocycles. The van der Waals surface area contributed by atoms with Crippen LogP contribution >= 0.6 is 0 Å². The molecule has 3 fully saturated rings. The maximum atomic E-state index is 17.0. The van der Waals surface area contributed by atoms with E-state index in [0.717, 1.165) is 23.6 Å². The molecule has 11 atom stereocenters. The number of aliphatic hydroxyl groups excluding tert-OH is 1. The smallest absolute Gasteiger partial charge is 0.303 e. The van der Waals surface area contributed by atoms with E-state index < -0.39 is 110 Å². The first-order chi connectivity index (χ1) is 29.3. The van der Waals surface area contributed by atoms with Crippen LogP contribution in [0.5, 0.6) is 0 Å². The molecule has 1 unspecified atom stereocenters. The molecule has 62 heavy (non-hydrogen) atoms. The van der Waals surface area contributed by atoms with Crippen molar-refractivity contribution in [2.24, 2.45) is 0 Å². The van der Waals surface area contributed by atoms with Crippen molar-refractivity contribution in [3.8, 4) is 0 Å². The minimum atomic E-state index is -4.48. The van der Waals surface area contributed by atoms with Crippen LogP contribution in [0.4, 0.5) is 4.39 Å². The van der Waals surface area contributed by atoms with Crippen molar-refractivity contribution < 1.29 is 63.2 Å². The van der Waals surface area contributed by atoms with Crippen LogP contribution in [-0.2, 0) is 58.5 Å². The number of sulfonamides is 3. The highest BCUT2D eigenvalue weighted by Crippen LogP contribution is 2.38. The Balaban J connectivity index is 1.25. The highest BCUT2D eigenvalue weighted by Gasteiger charge is 2.56. The summed E-state index contributed by atoms with van der Waals surface area (Å²) in [6, 6.07) is 21.5. The Morgan fingerprint density at radius 3 is 1.66 bits per heavy atom. The first-order valence-corrected chi connectivity index (χ1v) is 24.2. The van der Waals surface area contributed by atoms with Crippen molar-refractivity contribution in [2.75, 3.05) is 6.61 Å². The van der Waals surface area contributed by atoms with E-state index >= 15 is 4.39 Å². The van der Waals surface area contributed by atoms with Gasteiger partial charge in [-0.1, -0.05) is 83.4 Å². The van der Waals surface area contributed by atoms with E-state index in [0.29, 0.717) is 5.56 Å². The van der Waals surface area contributed by atoms with Gasteiger partial charge in [0, 0.05) is 12.5 Å². The third-order valence-electron chi connectivity index (χ3n) is 10.9. The molecule has 20 heteroatoms. The van der Waals surface area contributed by atoms with Gasteiger partial charge in [-0.15, -0.1) is 0 Å². The summed E-state index contributed by atoms with van der Waals surface area (Å²) >= 11 is 0. The average molecular weight is 918 g/mol. The van der Waals surface area contributed by atoms with Crippen LogP contribution in [-0.4, -0.2) is 104 Å². The van der Waals surface area contributed by atoms with Crippen LogP contribution in [0.25, 0.3) is 0 Å². The number of hydrogen-bond donors (Lipinski definition) is 4. The number of alkyl halides is 1. The monoisotopic (exact) mass is 917 g/mol. The molecule has 1 saturated carbocycles. The molecule has 7 rings (SSSR count). The molecule has 0 radical (unpaired) electrons. The number of nitrogens with one attached hydrogen (secondary N) is 3. The summed E-state index contributed by atoms with van der Waals surface area (Å²) in [4.78, 5) is 12.3. The highest BCUT2D eigenvalue weighted by atomic mass is 32.2. The average Bonchev–Trinajstić information content (AvgIpc) is 3.22. The predicted octanol–water partition coefficient (Wildman–Crippen LogP) is 3.21. The van der Waals surface area contributed by atoms with Gasteiger partial charge in [-0.05, 0) is 63.6 Å². The number of fused-ring (bicyclic) bond motifs is 1. The molecule has 2 aliphatic heterocycles. The number of rotatable bonds is 13. The number of aliphatic hydroxyl groups is 1. The van der Waals surface area contributed by atoms with Crippen LogP contribution in [0.15, 0.2) is 118 Å². The van der Waals surface area contributed by atoms with Gasteiger partial charge < -0.3 is 28.8 Å². The van der Waals surface area contributed by atoms with Crippen molar-refractivity contribution in [2.45, 2.75) is 116 Å². The van der Waals surface area contributed by atoms with Crippen LogP contribution < -0.4 is 14.2 Å². The van der Waals surface area contributed by atoms with Gasteiger partial charge in [0.05, 0.1) is 39.4 Å². The van der Waals surface area contributed by atoms with Crippen LogP contribution in [0, 0.1) is 20.8 Å². The molecule has 0 aromatic heterocycles. The number of carbonyl (C=O) groups is 1. The lowest BCUT2D eigenvalue weighted by atomic mass is 9.85. The lowest BCUT2D eigenvalue weighted by molar-refractivity contribution is -0.354. The molecule has 2 heterocycles. The summed E-state index contributed by atoms with van der Waals surface area (Å²) in [6.07, 6.45) is -14.1. The fourth-order valence-corrected chi connectivity index (χ4v) is 11.4. The first-order valence-electron chi connectivity index (χ1n) is 19.7. The van der Waals surface area contributed by atoms with Gasteiger partial charge in [-0.3, -0.25) is 4.79 Å². The van der Waals surface area contributed by atoms with Crippen molar-refractivity contribution in [3.63, 3.8) is 0 Å². The van der Waals surface area contributed by atoms with E-state index in [4.69, 9.17) is 23.7 Å². The lowest BCUT2D eigenvalue weighted by Gasteiger charge is -2.50. The molecule has 16 nitrogen and oxygen atoms in total. The Labute approximate surface area is 360 Å². The second-order valence-corrected chi connectivity index (χ2v) is 20.7. The lowest BCUT2D eigenvalue weighted by Crippen LogP contribution is -2.70. The highest BCUT2D eigenvalue weighted by molar-refractivity contribution is 7.90. The van der Waals surface area contributed by atoms with Gasteiger partial charge in [0.25, 0.3) is 0 Å². The SMILES string of the molecule is CC(=O)O[C@H]1[C@@H](O[C@@H]2[C@H](F)[C@H](O)[C@@H](NS(=O)(=O)c3ccc(C)cc3)C[C@H]2NS(=O)(=O)c2ccc(C)cc2)O[C@@H]2COC(c3ccccc3)O[C@H]2[C@@H]1NS(=O)(=O)c1ccc(C)cc1. The quantitative estimate of drug-likeness (QED) is 0.142. The van der Waals surface area contributed by atoms with Crippen LogP contribution in [0.1, 0.15) is 41.9 Å². The van der Waals surface area contributed by atoms with Crippen molar-refractivity contribution in [3.05, 3.63) is 125 Å². The molecule has 334 valence electrons. The zero-order chi connectivity index (χ0) is 44.6. The first kappa shape index (κ1) is 45.8. The topological polar surface area (TPSA) is 222 Å². The Hall–Kier alpha value is -4.19. The van der Waals surface area contributed by atoms with Crippen LogP contribution in [0.3, 0.4) is 0 Å². The van der Waals surface area contributed by atoms with Gasteiger partial charge in [-0.25, -0.2) is 43.8 Å². The summed E-state index contributed by atoms with van der Waals surface area (Å²) in [5.74, 6) is -0.917. The minimum absolute atomic E-state index is 0.138. The zero-order valence-corrected chi connectivity index (χ0v) is 36.5. The van der Waals surface area contributed by atoms with Crippen molar-refractivity contribution in [1.29, 1.82) is 0 Å². The summed E-state index contributed by atoms with van der Waals surface area (Å²) in [5.41, 5.74) is 2.89. The molecule has 4 aromatic rings. The molecule has 4 aromatic carbocycles. The fraction of sp³-hybridized carbons (Fsp3) is 0.405. The number of ether oxygens (including phenoxy) is 5. The number of halogens is 1. The van der Waals surface area contributed by atoms with E-state index in [1.165, 1.54) is 36.4 Å². The summed E-state index contributed by atoms with van der Waals surface area (Å²) in [5, 5.41) is 11.4. The zero-order valence-electron chi connectivity index (χ0n) is 34.0. The second-order valence-electron chi connectivity index (χ2n) is 15.6. The van der Waals surface area contributed by atoms with Gasteiger partial charge >= 0.3 is 5.97 Å². The van der Waals surface area contributed by atoms with E-state index in [1.807, 2.05) is 0 Å². The molecular formula is C42H48FN3O13S3. The molecule has 0 spiro atoms. The van der Waals surface area contributed by atoms with Gasteiger partial charge in [0.2, 0.25) is 30.1 Å². The van der Waals surface area contributed by atoms with E-state index in [9.17, 15) is 35.2 Å². The Morgan fingerprint density at radius 1 is 0.677 bits per heavy atom. The Bertz CT molecular complexity index is 2540. The normalized spacial score (nSPS) is 29.4. The molecule has 3 aliphatic rings. The number of esters is 1. The Morgan fingerprint density at radius 2 is 1.16 bits per heavy atom. The third-order valence-corrected chi connectivity index (χ3v) is 15.4. The molecule has 4 N–H and O–H groups in total. The predicted molar refractivity (Wildman–Crippen MR) is 220 cm³/mol. The number of hydrogen-bond acceptors (Lipinski definition) is 13. The summed E-state index contributed by atoms with van der Waals surface area (Å²) in [7, 11) is -13.3. The summed E-state index contributed by atoms with van der Waals surface area (Å²) < 4.78 is 138. The van der Waals surface area contributed by atoms with Gasteiger partial charge in [-0.2, -0.15) is 0 Å². The molecule has 0 bridgehead atoms. The summed E-state index contributed by atoms with van der Waals surface area (Å²) in [6.45, 7) is 6.12. The molecule has 0 amide bonds. The van der Waals surface area contributed by atoms with Gasteiger partial charge in [0.1, 0.15) is 24.4 Å². The maximum absolute atomic E-state index is 17.0. The number of aryl methyl sites for hydroxylation is 3. The van der Waals surface area contributed by atoms with Crippen molar-refractivity contribution in [1.82, 2.24) is 14.2 Å². The second kappa shape index (κ2) is 18.5. The Kier molecular flexibility index (Phi) is 13.7. The minimum Gasteiger partial charge on any atom is -0.455 e. The molecule has 2 saturated heterocycles. The maximum Gasteiger partial charge on any atom is 0.303 e.